The molecule has 108 valence electrons. The molecular weight excluding hydrogens is 260 g/mol. The molecule has 1 heterocycles. The van der Waals surface area contributed by atoms with Crippen LogP contribution in [0.15, 0.2) is 30.6 Å². The first-order valence-electron chi connectivity index (χ1n) is 6.54. The van der Waals surface area contributed by atoms with E-state index in [1.54, 1.807) is 10.9 Å². The third kappa shape index (κ3) is 4.13. The van der Waals surface area contributed by atoms with Gasteiger partial charge in [-0.1, -0.05) is 0 Å². The Morgan fingerprint density at radius 3 is 2.70 bits per heavy atom. The molecule has 1 aromatic carbocycles. The van der Waals surface area contributed by atoms with Gasteiger partial charge in [0, 0.05) is 29.4 Å². The first kappa shape index (κ1) is 14.7. The summed E-state index contributed by atoms with van der Waals surface area (Å²) in [6.45, 7) is 7.16. The van der Waals surface area contributed by atoms with E-state index in [4.69, 9.17) is 0 Å². The molecule has 0 aliphatic carbocycles. The summed E-state index contributed by atoms with van der Waals surface area (Å²) in [7, 11) is 0. The maximum Gasteiger partial charge on any atom is 0.128 e. The van der Waals surface area contributed by atoms with Crippen LogP contribution in [-0.2, 0) is 13.1 Å². The van der Waals surface area contributed by atoms with Crippen LogP contribution in [0.3, 0.4) is 0 Å². The summed E-state index contributed by atoms with van der Waals surface area (Å²) < 4.78 is 28.3. The van der Waals surface area contributed by atoms with Gasteiger partial charge in [-0.15, -0.1) is 0 Å². The van der Waals surface area contributed by atoms with Crippen molar-refractivity contribution in [3.05, 3.63) is 53.4 Å². The molecule has 0 amide bonds. The highest BCUT2D eigenvalue weighted by Crippen LogP contribution is 2.12. The summed E-state index contributed by atoms with van der Waals surface area (Å²) in [6.07, 6.45) is 3.57. The first-order chi connectivity index (χ1) is 9.33. The smallest absolute Gasteiger partial charge is 0.128 e. The molecule has 1 N–H and O–H groups in total. The van der Waals surface area contributed by atoms with E-state index < -0.39 is 11.6 Å². The number of aromatic nitrogens is 2. The molecule has 0 spiro atoms. The van der Waals surface area contributed by atoms with E-state index in [0.717, 1.165) is 17.7 Å². The highest BCUT2D eigenvalue weighted by molar-refractivity contribution is 5.19. The monoisotopic (exact) mass is 279 g/mol. The molecule has 0 fully saturated rings. The molecule has 0 bridgehead atoms. The molecule has 2 rings (SSSR count). The molecule has 2 aromatic rings. The standard InChI is InChI=1S/C15H19F2N3/c1-15(2,3)18-7-11-8-19-20(9-11)10-12-6-13(16)4-5-14(12)17/h4-6,8-9,18H,7,10H2,1-3H3. The summed E-state index contributed by atoms with van der Waals surface area (Å²) in [4.78, 5) is 0. The van der Waals surface area contributed by atoms with Gasteiger partial charge in [0.1, 0.15) is 11.6 Å². The van der Waals surface area contributed by atoms with Crippen molar-refractivity contribution in [3.63, 3.8) is 0 Å². The third-order valence-electron chi connectivity index (χ3n) is 2.85. The fourth-order valence-electron chi connectivity index (χ4n) is 1.79. The molecule has 5 heteroatoms. The molecule has 0 unspecified atom stereocenters. The van der Waals surface area contributed by atoms with E-state index in [1.807, 2.05) is 6.20 Å². The van der Waals surface area contributed by atoms with Crippen LogP contribution in [0.4, 0.5) is 8.78 Å². The van der Waals surface area contributed by atoms with Crippen molar-refractivity contribution in [1.29, 1.82) is 0 Å². The molecule has 0 atom stereocenters. The maximum absolute atomic E-state index is 13.5. The topological polar surface area (TPSA) is 29.9 Å². The van der Waals surface area contributed by atoms with Gasteiger partial charge in [-0.3, -0.25) is 4.68 Å². The Labute approximate surface area is 117 Å². The van der Waals surface area contributed by atoms with Gasteiger partial charge >= 0.3 is 0 Å². The van der Waals surface area contributed by atoms with Gasteiger partial charge in [0.15, 0.2) is 0 Å². The minimum atomic E-state index is -0.442. The second-order valence-electron chi connectivity index (χ2n) is 5.89. The zero-order valence-electron chi connectivity index (χ0n) is 12.0. The molecule has 0 radical (unpaired) electrons. The van der Waals surface area contributed by atoms with E-state index in [-0.39, 0.29) is 12.1 Å². The Kier molecular flexibility index (Phi) is 4.18. The minimum Gasteiger partial charge on any atom is -0.308 e. The van der Waals surface area contributed by atoms with Crippen molar-refractivity contribution < 1.29 is 8.78 Å². The van der Waals surface area contributed by atoms with Crippen LogP contribution in [0.2, 0.25) is 0 Å². The average molecular weight is 279 g/mol. The van der Waals surface area contributed by atoms with Crippen LogP contribution in [0.5, 0.6) is 0 Å². The van der Waals surface area contributed by atoms with Gasteiger partial charge in [-0.25, -0.2) is 8.78 Å². The number of nitrogens with one attached hydrogen (secondary N) is 1. The summed E-state index contributed by atoms with van der Waals surface area (Å²) >= 11 is 0. The van der Waals surface area contributed by atoms with Gasteiger partial charge in [0.05, 0.1) is 12.7 Å². The van der Waals surface area contributed by atoms with Crippen molar-refractivity contribution in [1.82, 2.24) is 15.1 Å². The molecule has 0 saturated heterocycles. The maximum atomic E-state index is 13.5. The van der Waals surface area contributed by atoms with Crippen LogP contribution in [-0.4, -0.2) is 15.3 Å². The van der Waals surface area contributed by atoms with Gasteiger partial charge < -0.3 is 5.32 Å². The zero-order chi connectivity index (χ0) is 14.8. The van der Waals surface area contributed by atoms with E-state index in [2.05, 4.69) is 31.2 Å². The van der Waals surface area contributed by atoms with Crippen LogP contribution in [0.25, 0.3) is 0 Å². The molecule has 0 aliphatic heterocycles. The Bertz CT molecular complexity index is 585. The summed E-state index contributed by atoms with van der Waals surface area (Å²) in [6, 6.07) is 3.45. The molecule has 3 nitrogen and oxygen atoms in total. The predicted octanol–water partition coefficient (Wildman–Crippen LogP) is 3.10. The Morgan fingerprint density at radius 1 is 1.25 bits per heavy atom. The van der Waals surface area contributed by atoms with Gasteiger partial charge in [-0.05, 0) is 39.0 Å². The van der Waals surface area contributed by atoms with Crippen LogP contribution in [0, 0.1) is 11.6 Å². The Hall–Kier alpha value is -1.75. The van der Waals surface area contributed by atoms with Crippen molar-refractivity contribution in [3.8, 4) is 0 Å². The zero-order valence-corrected chi connectivity index (χ0v) is 12.0. The van der Waals surface area contributed by atoms with Gasteiger partial charge in [0.2, 0.25) is 0 Å². The fraction of sp³-hybridized carbons (Fsp3) is 0.400. The lowest BCUT2D eigenvalue weighted by molar-refractivity contribution is 0.424. The molecule has 1 aromatic heterocycles. The molecule has 0 aliphatic rings. The number of rotatable bonds is 4. The summed E-state index contributed by atoms with van der Waals surface area (Å²) in [5, 5.41) is 7.52. The second kappa shape index (κ2) is 5.71. The summed E-state index contributed by atoms with van der Waals surface area (Å²) in [5.41, 5.74) is 1.33. The number of nitrogens with zero attached hydrogens (tertiary/aromatic N) is 2. The van der Waals surface area contributed by atoms with Crippen LogP contribution in [0.1, 0.15) is 31.9 Å². The van der Waals surface area contributed by atoms with Crippen LogP contribution >= 0.6 is 0 Å². The van der Waals surface area contributed by atoms with Gasteiger partial charge in [-0.2, -0.15) is 5.10 Å². The van der Waals surface area contributed by atoms with Crippen molar-refractivity contribution in [2.45, 2.75) is 39.4 Å². The van der Waals surface area contributed by atoms with Crippen molar-refractivity contribution in [2.24, 2.45) is 0 Å². The molecule has 0 saturated carbocycles. The molecular formula is C15H19F2N3. The first-order valence-corrected chi connectivity index (χ1v) is 6.54. The van der Waals surface area contributed by atoms with E-state index in [0.29, 0.717) is 12.1 Å². The average Bonchev–Trinajstić information content (AvgIpc) is 2.78. The molecule has 20 heavy (non-hydrogen) atoms. The Morgan fingerprint density at radius 2 is 2.00 bits per heavy atom. The SMILES string of the molecule is CC(C)(C)NCc1cnn(Cc2cc(F)ccc2F)c1. The van der Waals surface area contributed by atoms with E-state index >= 15 is 0 Å². The van der Waals surface area contributed by atoms with Crippen molar-refractivity contribution in [2.75, 3.05) is 0 Å². The third-order valence-corrected chi connectivity index (χ3v) is 2.85. The Balaban J connectivity index is 2.04. The number of hydrogen-bond acceptors (Lipinski definition) is 2. The normalized spacial score (nSPS) is 11.8. The van der Waals surface area contributed by atoms with Gasteiger partial charge in [0.25, 0.3) is 0 Å². The van der Waals surface area contributed by atoms with Crippen LogP contribution < -0.4 is 5.32 Å². The highest BCUT2D eigenvalue weighted by Gasteiger charge is 2.10. The largest absolute Gasteiger partial charge is 0.308 e. The highest BCUT2D eigenvalue weighted by atomic mass is 19.1. The number of halogens is 2. The van der Waals surface area contributed by atoms with E-state index in [1.165, 1.54) is 6.07 Å². The van der Waals surface area contributed by atoms with Crippen molar-refractivity contribution >= 4 is 0 Å². The number of hydrogen-bond donors (Lipinski definition) is 1. The predicted molar refractivity (Wildman–Crippen MR) is 74.3 cm³/mol. The quantitative estimate of drug-likeness (QED) is 0.932. The summed E-state index contributed by atoms with van der Waals surface area (Å²) in [5.74, 6) is -0.862. The number of benzene rings is 1. The lowest BCUT2D eigenvalue weighted by Crippen LogP contribution is -2.34. The second-order valence-corrected chi connectivity index (χ2v) is 5.89. The lowest BCUT2D eigenvalue weighted by atomic mass is 10.1. The van der Waals surface area contributed by atoms with E-state index in [9.17, 15) is 8.78 Å². The lowest BCUT2D eigenvalue weighted by Gasteiger charge is -2.19. The minimum absolute atomic E-state index is 0.0246. The fourth-order valence-corrected chi connectivity index (χ4v) is 1.79.